The zero-order chi connectivity index (χ0) is 14.5. The molecule has 4 heteroatoms. The number of halogens is 1. The molecule has 104 valence electrons. The molecule has 0 radical (unpaired) electrons. The molecule has 0 unspecified atom stereocenters. The highest BCUT2D eigenvalue weighted by Crippen LogP contribution is 2.47. The van der Waals surface area contributed by atoms with E-state index in [2.05, 4.69) is 22.5 Å². The molecule has 2 aromatic rings. The third-order valence-corrected chi connectivity index (χ3v) is 5.09. The zero-order valence-electron chi connectivity index (χ0n) is 11.3. The average Bonchev–Trinajstić information content (AvgIpc) is 2.91. The lowest BCUT2D eigenvalue weighted by atomic mass is 9.82. The van der Waals surface area contributed by atoms with Crippen LogP contribution in [-0.4, -0.2) is 15.6 Å². The number of fused-ring (bicyclic) bond motifs is 3. The summed E-state index contributed by atoms with van der Waals surface area (Å²) in [6.07, 6.45) is 3.63. The summed E-state index contributed by atoms with van der Waals surface area (Å²) in [5.41, 5.74) is 2.36. The van der Waals surface area contributed by atoms with Crippen molar-refractivity contribution in [1.29, 1.82) is 0 Å². The van der Waals surface area contributed by atoms with Crippen LogP contribution in [0, 0.1) is 0 Å². The Labute approximate surface area is 126 Å². The second-order valence-corrected chi connectivity index (χ2v) is 6.25. The van der Waals surface area contributed by atoms with E-state index < -0.39 is 11.4 Å². The Balaban J connectivity index is 2.39. The summed E-state index contributed by atoms with van der Waals surface area (Å²) in [5, 5.41) is 10.9. The molecule has 0 saturated carbocycles. The van der Waals surface area contributed by atoms with Crippen LogP contribution in [0.3, 0.4) is 0 Å². The normalized spacial score (nSPS) is 21.1. The number of carbonyl (C=O) groups is 1. The van der Waals surface area contributed by atoms with E-state index in [4.69, 9.17) is 0 Å². The van der Waals surface area contributed by atoms with Gasteiger partial charge in [-0.1, -0.05) is 28.1 Å². The van der Waals surface area contributed by atoms with Gasteiger partial charge in [0.1, 0.15) is 5.41 Å². The molecule has 1 N–H and O–H groups in total. The van der Waals surface area contributed by atoms with Gasteiger partial charge in [-0.25, -0.2) is 0 Å². The third-order valence-electron chi connectivity index (χ3n) is 4.43. The van der Waals surface area contributed by atoms with Gasteiger partial charge in [0.25, 0.3) is 0 Å². The van der Waals surface area contributed by atoms with Crippen LogP contribution in [0.25, 0.3) is 10.9 Å². The number of aromatic nitrogens is 1. The van der Waals surface area contributed by atoms with Gasteiger partial charge in [-0.05, 0) is 37.0 Å². The fourth-order valence-corrected chi connectivity index (χ4v) is 4.18. The van der Waals surface area contributed by atoms with Gasteiger partial charge in [0, 0.05) is 28.1 Å². The van der Waals surface area contributed by atoms with Crippen LogP contribution in [0.2, 0.25) is 0 Å². The van der Waals surface area contributed by atoms with Crippen molar-refractivity contribution in [1.82, 2.24) is 4.57 Å². The van der Waals surface area contributed by atoms with Crippen LogP contribution in [-0.2, 0) is 23.7 Å². The Morgan fingerprint density at radius 1 is 1.60 bits per heavy atom. The topological polar surface area (TPSA) is 42.2 Å². The van der Waals surface area contributed by atoms with Gasteiger partial charge in [-0.15, -0.1) is 6.58 Å². The summed E-state index contributed by atoms with van der Waals surface area (Å²) in [4.78, 5) is 11.9. The molecule has 1 atom stereocenters. The monoisotopic (exact) mass is 333 g/mol. The van der Waals surface area contributed by atoms with E-state index in [0.717, 1.165) is 27.5 Å². The SMILES string of the molecule is C=CC[C@@]1(C(=O)O)CCc2c1n(C)c1cccc(Br)c21. The molecule has 0 saturated heterocycles. The number of rotatable bonds is 3. The van der Waals surface area contributed by atoms with Gasteiger partial charge < -0.3 is 9.67 Å². The predicted molar refractivity (Wildman–Crippen MR) is 83.1 cm³/mol. The maximum Gasteiger partial charge on any atom is 0.315 e. The molecule has 0 fully saturated rings. The maximum atomic E-state index is 11.9. The van der Waals surface area contributed by atoms with Crippen molar-refractivity contribution in [3.05, 3.63) is 46.6 Å². The van der Waals surface area contributed by atoms with Gasteiger partial charge in [-0.3, -0.25) is 4.79 Å². The number of hydrogen-bond donors (Lipinski definition) is 1. The van der Waals surface area contributed by atoms with E-state index in [-0.39, 0.29) is 0 Å². The molecule has 1 aliphatic carbocycles. The van der Waals surface area contributed by atoms with Crippen LogP contribution in [0.5, 0.6) is 0 Å². The summed E-state index contributed by atoms with van der Waals surface area (Å²) >= 11 is 3.60. The molecular weight excluding hydrogens is 318 g/mol. The van der Waals surface area contributed by atoms with Gasteiger partial charge in [0.05, 0.1) is 0 Å². The maximum absolute atomic E-state index is 11.9. The zero-order valence-corrected chi connectivity index (χ0v) is 12.9. The molecule has 3 rings (SSSR count). The Morgan fingerprint density at radius 2 is 2.35 bits per heavy atom. The number of aryl methyl sites for hydroxylation is 2. The molecule has 0 amide bonds. The van der Waals surface area contributed by atoms with Crippen LogP contribution < -0.4 is 0 Å². The largest absolute Gasteiger partial charge is 0.481 e. The van der Waals surface area contributed by atoms with Gasteiger partial charge in [0.2, 0.25) is 0 Å². The van der Waals surface area contributed by atoms with Gasteiger partial charge in [0.15, 0.2) is 0 Å². The molecule has 1 heterocycles. The van der Waals surface area contributed by atoms with Crippen molar-refractivity contribution < 1.29 is 9.90 Å². The lowest BCUT2D eigenvalue weighted by Gasteiger charge is -2.24. The van der Waals surface area contributed by atoms with Crippen molar-refractivity contribution in [2.45, 2.75) is 24.7 Å². The van der Waals surface area contributed by atoms with Gasteiger partial charge >= 0.3 is 5.97 Å². The highest BCUT2D eigenvalue weighted by Gasteiger charge is 2.48. The molecule has 0 spiro atoms. The summed E-state index contributed by atoms with van der Waals surface area (Å²) in [6.45, 7) is 3.74. The Bertz CT molecular complexity index is 732. The van der Waals surface area contributed by atoms with Crippen molar-refractivity contribution in [3.8, 4) is 0 Å². The number of benzene rings is 1. The number of carboxylic acids is 1. The molecule has 20 heavy (non-hydrogen) atoms. The molecule has 0 aliphatic heterocycles. The van der Waals surface area contributed by atoms with E-state index in [0.29, 0.717) is 12.8 Å². The van der Waals surface area contributed by atoms with Crippen molar-refractivity contribution in [2.24, 2.45) is 7.05 Å². The summed E-state index contributed by atoms with van der Waals surface area (Å²) < 4.78 is 3.08. The average molecular weight is 334 g/mol. The fourth-order valence-electron chi connectivity index (χ4n) is 3.58. The summed E-state index contributed by atoms with van der Waals surface area (Å²) in [7, 11) is 1.96. The number of carboxylic acid groups (broad SMARTS) is 1. The van der Waals surface area contributed by atoms with E-state index in [1.165, 1.54) is 5.56 Å². The third kappa shape index (κ3) is 1.54. The molecule has 1 aliphatic rings. The smallest absolute Gasteiger partial charge is 0.315 e. The van der Waals surface area contributed by atoms with E-state index in [9.17, 15) is 9.90 Å². The number of aliphatic carboxylic acids is 1. The van der Waals surface area contributed by atoms with E-state index in [1.54, 1.807) is 6.08 Å². The van der Waals surface area contributed by atoms with E-state index >= 15 is 0 Å². The molecular formula is C16H16BrNO2. The molecule has 0 bridgehead atoms. The van der Waals surface area contributed by atoms with E-state index in [1.807, 2.05) is 29.8 Å². The van der Waals surface area contributed by atoms with Crippen molar-refractivity contribution in [2.75, 3.05) is 0 Å². The molecule has 3 nitrogen and oxygen atoms in total. The molecule has 1 aromatic carbocycles. The first-order valence-corrected chi connectivity index (χ1v) is 7.43. The van der Waals surface area contributed by atoms with Crippen molar-refractivity contribution in [3.63, 3.8) is 0 Å². The number of hydrogen-bond acceptors (Lipinski definition) is 1. The van der Waals surface area contributed by atoms with Crippen LogP contribution in [0.15, 0.2) is 35.3 Å². The van der Waals surface area contributed by atoms with Crippen LogP contribution >= 0.6 is 15.9 Å². The first-order valence-electron chi connectivity index (χ1n) is 6.63. The minimum Gasteiger partial charge on any atom is -0.481 e. The van der Waals surface area contributed by atoms with Crippen molar-refractivity contribution >= 4 is 32.8 Å². The highest BCUT2D eigenvalue weighted by atomic mass is 79.9. The minimum absolute atomic E-state index is 0.469. The Kier molecular flexibility index (Phi) is 3.01. The minimum atomic E-state index is -0.829. The summed E-state index contributed by atoms with van der Waals surface area (Å²) in [5.74, 6) is -0.752. The lowest BCUT2D eigenvalue weighted by Crippen LogP contribution is -2.34. The number of allylic oxidation sites excluding steroid dienone is 1. The Hall–Kier alpha value is -1.55. The Morgan fingerprint density at radius 3 is 3.00 bits per heavy atom. The number of nitrogens with zero attached hydrogens (tertiary/aromatic N) is 1. The lowest BCUT2D eigenvalue weighted by molar-refractivity contribution is -0.144. The van der Waals surface area contributed by atoms with Gasteiger partial charge in [-0.2, -0.15) is 0 Å². The predicted octanol–water partition coefficient (Wildman–Crippen LogP) is 3.79. The molecule has 1 aromatic heterocycles. The van der Waals surface area contributed by atoms with Crippen LogP contribution in [0.4, 0.5) is 0 Å². The summed E-state index contributed by atoms with van der Waals surface area (Å²) in [6, 6.07) is 6.04. The second kappa shape index (κ2) is 4.48. The first kappa shape index (κ1) is 13.4. The standard InChI is InChI=1S/C16H16BrNO2/c1-3-8-16(15(19)20)9-7-10-13-11(17)5-4-6-12(13)18(2)14(10)16/h3-6H,1,7-9H2,2H3,(H,19,20)/t16-/m1/s1. The highest BCUT2D eigenvalue weighted by molar-refractivity contribution is 9.10. The first-order chi connectivity index (χ1) is 9.53. The van der Waals surface area contributed by atoms with Crippen LogP contribution in [0.1, 0.15) is 24.1 Å². The quantitative estimate of drug-likeness (QED) is 0.868. The second-order valence-electron chi connectivity index (χ2n) is 5.40. The fraction of sp³-hybridized carbons (Fsp3) is 0.312.